The largest absolute Gasteiger partial charge is 0.379 e. The van der Waals surface area contributed by atoms with Gasteiger partial charge in [0.15, 0.2) is 0 Å². The fraction of sp³-hybridized carbons (Fsp3) is 0.500. The van der Waals surface area contributed by atoms with E-state index in [0.29, 0.717) is 0 Å². The molecule has 72 valence electrons. The quantitative estimate of drug-likeness (QED) is 0.588. The van der Waals surface area contributed by atoms with E-state index >= 15 is 0 Å². The van der Waals surface area contributed by atoms with Crippen LogP contribution in [0.15, 0.2) is 37.0 Å². The van der Waals surface area contributed by atoms with Crippen LogP contribution >= 0.6 is 0 Å². The first-order chi connectivity index (χ1) is 6.29. The average Bonchev–Trinajstić information content (AvgIpc) is 2.08. The topological polar surface area (TPSA) is 9.23 Å². The Morgan fingerprint density at radius 2 is 2.15 bits per heavy atom. The van der Waals surface area contributed by atoms with Gasteiger partial charge in [0.2, 0.25) is 0 Å². The second-order valence-electron chi connectivity index (χ2n) is 3.58. The maximum absolute atomic E-state index is 5.30. The summed E-state index contributed by atoms with van der Waals surface area (Å²) in [6.07, 6.45) is 8.17. The van der Waals surface area contributed by atoms with Crippen molar-refractivity contribution in [2.75, 3.05) is 13.2 Å². The minimum atomic E-state index is 0.241. The molecule has 0 aromatic heterocycles. The van der Waals surface area contributed by atoms with Crippen molar-refractivity contribution >= 4 is 0 Å². The molecule has 0 saturated carbocycles. The molecule has 0 radical (unpaired) electrons. The highest BCUT2D eigenvalue weighted by atomic mass is 16.5. The second-order valence-corrected chi connectivity index (χ2v) is 3.58. The Bertz CT molecular complexity index is 221. The highest BCUT2D eigenvalue weighted by Gasteiger charge is 2.39. The highest BCUT2D eigenvalue weighted by molar-refractivity contribution is 5.30. The molecule has 0 atom stereocenters. The third kappa shape index (κ3) is 1.92. The second kappa shape index (κ2) is 4.43. The van der Waals surface area contributed by atoms with Crippen LogP contribution in [0.4, 0.5) is 0 Å². The molecular weight excluding hydrogens is 160 g/mol. The van der Waals surface area contributed by atoms with E-state index in [1.165, 1.54) is 18.4 Å². The Labute approximate surface area is 80.8 Å². The van der Waals surface area contributed by atoms with Crippen molar-refractivity contribution in [1.29, 1.82) is 0 Å². The van der Waals surface area contributed by atoms with E-state index in [4.69, 9.17) is 4.74 Å². The molecule has 0 aliphatic carbocycles. The Morgan fingerprint density at radius 1 is 1.46 bits per heavy atom. The molecule has 0 aromatic rings. The Morgan fingerprint density at radius 3 is 2.46 bits per heavy atom. The predicted octanol–water partition coefficient (Wildman–Crippen LogP) is 3.10. The van der Waals surface area contributed by atoms with Crippen molar-refractivity contribution in [3.05, 3.63) is 37.0 Å². The van der Waals surface area contributed by atoms with Crippen LogP contribution in [0.2, 0.25) is 0 Å². The van der Waals surface area contributed by atoms with Crippen LogP contribution in [0.5, 0.6) is 0 Å². The van der Waals surface area contributed by atoms with Crippen LogP contribution in [-0.4, -0.2) is 13.2 Å². The molecule has 1 saturated heterocycles. The normalized spacial score (nSPS) is 20.5. The summed E-state index contributed by atoms with van der Waals surface area (Å²) in [5, 5.41) is 0. The van der Waals surface area contributed by atoms with Crippen LogP contribution in [0.1, 0.15) is 19.8 Å². The number of allylic oxidation sites excluding steroid dienone is 3. The third-order valence-electron chi connectivity index (χ3n) is 2.61. The number of hydrogen-bond donors (Lipinski definition) is 0. The van der Waals surface area contributed by atoms with Gasteiger partial charge in [0.1, 0.15) is 0 Å². The van der Waals surface area contributed by atoms with Gasteiger partial charge < -0.3 is 4.74 Å². The minimum Gasteiger partial charge on any atom is -0.379 e. The molecule has 13 heavy (non-hydrogen) atoms. The van der Waals surface area contributed by atoms with Crippen LogP contribution < -0.4 is 0 Å². The van der Waals surface area contributed by atoms with Gasteiger partial charge in [-0.1, -0.05) is 44.7 Å². The monoisotopic (exact) mass is 178 g/mol. The summed E-state index contributed by atoms with van der Waals surface area (Å²) < 4.78 is 5.30. The lowest BCUT2D eigenvalue weighted by Crippen LogP contribution is -2.43. The molecule has 1 nitrogen and oxygen atoms in total. The van der Waals surface area contributed by atoms with Crippen LogP contribution in [0.25, 0.3) is 0 Å². The van der Waals surface area contributed by atoms with Crippen LogP contribution in [0.3, 0.4) is 0 Å². The van der Waals surface area contributed by atoms with E-state index in [1.807, 2.05) is 18.2 Å². The van der Waals surface area contributed by atoms with Crippen molar-refractivity contribution in [2.24, 2.45) is 5.41 Å². The standard InChI is InChI=1S/C12H18O/c1-4-7-11(6-3)12(8-5-2)9-13-10-12/h4,6-7H,1,3,5,8-10H2,2H3/b11-7+. The smallest absolute Gasteiger partial charge is 0.0585 e. The lowest BCUT2D eigenvalue weighted by molar-refractivity contribution is -0.0915. The van der Waals surface area contributed by atoms with E-state index < -0.39 is 0 Å². The number of ether oxygens (including phenoxy) is 1. The van der Waals surface area contributed by atoms with E-state index in [0.717, 1.165) is 13.2 Å². The maximum atomic E-state index is 5.30. The van der Waals surface area contributed by atoms with Gasteiger partial charge in [0.25, 0.3) is 0 Å². The molecule has 1 aliphatic rings. The summed E-state index contributed by atoms with van der Waals surface area (Å²) in [5.74, 6) is 0. The van der Waals surface area contributed by atoms with Crippen molar-refractivity contribution in [3.63, 3.8) is 0 Å². The SMILES string of the molecule is C=C/C=C(\C=C)C1(CCC)COC1. The molecule has 0 N–H and O–H groups in total. The van der Waals surface area contributed by atoms with Crippen molar-refractivity contribution in [2.45, 2.75) is 19.8 Å². The molecule has 0 unspecified atom stereocenters. The summed E-state index contributed by atoms with van der Waals surface area (Å²) in [5.41, 5.74) is 1.51. The molecule has 1 heterocycles. The Hall–Kier alpha value is -0.820. The number of hydrogen-bond acceptors (Lipinski definition) is 1. The molecule has 0 aromatic carbocycles. The van der Waals surface area contributed by atoms with E-state index in [-0.39, 0.29) is 5.41 Å². The van der Waals surface area contributed by atoms with Gasteiger partial charge in [-0.25, -0.2) is 0 Å². The van der Waals surface area contributed by atoms with Gasteiger partial charge in [-0.2, -0.15) is 0 Å². The summed E-state index contributed by atoms with van der Waals surface area (Å²) in [7, 11) is 0. The first-order valence-electron chi connectivity index (χ1n) is 4.82. The molecule has 1 fully saturated rings. The van der Waals surface area contributed by atoms with E-state index in [1.54, 1.807) is 0 Å². The van der Waals surface area contributed by atoms with Gasteiger partial charge in [-0.15, -0.1) is 0 Å². The minimum absolute atomic E-state index is 0.241. The number of rotatable bonds is 5. The molecule has 0 bridgehead atoms. The average molecular weight is 178 g/mol. The lowest BCUT2D eigenvalue weighted by Gasteiger charge is -2.42. The van der Waals surface area contributed by atoms with Gasteiger partial charge in [0, 0.05) is 5.41 Å². The Balaban J connectivity index is 2.78. The highest BCUT2D eigenvalue weighted by Crippen LogP contribution is 2.40. The zero-order valence-corrected chi connectivity index (χ0v) is 8.38. The molecular formula is C12H18O. The van der Waals surface area contributed by atoms with Crippen LogP contribution in [0, 0.1) is 5.41 Å². The Kier molecular flexibility index (Phi) is 3.49. The zero-order valence-electron chi connectivity index (χ0n) is 8.38. The van der Waals surface area contributed by atoms with Crippen molar-refractivity contribution in [3.8, 4) is 0 Å². The van der Waals surface area contributed by atoms with Gasteiger partial charge >= 0.3 is 0 Å². The van der Waals surface area contributed by atoms with Crippen molar-refractivity contribution < 1.29 is 4.74 Å². The predicted molar refractivity (Wildman–Crippen MR) is 56.6 cm³/mol. The zero-order chi connectivity index (χ0) is 9.73. The molecule has 0 spiro atoms. The van der Waals surface area contributed by atoms with Gasteiger partial charge in [0.05, 0.1) is 13.2 Å². The van der Waals surface area contributed by atoms with E-state index in [9.17, 15) is 0 Å². The first-order valence-corrected chi connectivity index (χ1v) is 4.82. The summed E-state index contributed by atoms with van der Waals surface area (Å²) in [4.78, 5) is 0. The summed E-state index contributed by atoms with van der Waals surface area (Å²) >= 11 is 0. The van der Waals surface area contributed by atoms with Gasteiger partial charge in [-0.05, 0) is 12.0 Å². The fourth-order valence-electron chi connectivity index (χ4n) is 1.87. The van der Waals surface area contributed by atoms with E-state index in [2.05, 4.69) is 20.1 Å². The molecule has 0 amide bonds. The first kappa shape index (κ1) is 10.3. The summed E-state index contributed by atoms with van der Waals surface area (Å²) in [6, 6.07) is 0. The third-order valence-corrected chi connectivity index (χ3v) is 2.61. The lowest BCUT2D eigenvalue weighted by atomic mass is 9.74. The van der Waals surface area contributed by atoms with Gasteiger partial charge in [-0.3, -0.25) is 0 Å². The fourth-order valence-corrected chi connectivity index (χ4v) is 1.87. The maximum Gasteiger partial charge on any atom is 0.0585 e. The summed E-state index contributed by atoms with van der Waals surface area (Å²) in [6.45, 7) is 11.4. The van der Waals surface area contributed by atoms with Crippen LogP contribution in [-0.2, 0) is 4.74 Å². The molecule has 1 aliphatic heterocycles. The molecule has 1 heteroatoms. The molecule has 1 rings (SSSR count). The van der Waals surface area contributed by atoms with Crippen molar-refractivity contribution in [1.82, 2.24) is 0 Å².